The van der Waals surface area contributed by atoms with Crippen LogP contribution in [0.1, 0.15) is 60.9 Å². The molecule has 0 N–H and O–H groups in total. The van der Waals surface area contributed by atoms with Crippen LogP contribution in [-0.4, -0.2) is 6.71 Å². The minimum absolute atomic E-state index is 0.219. The van der Waals surface area contributed by atoms with Crippen LogP contribution in [0.2, 0.25) is 0 Å². The van der Waals surface area contributed by atoms with Gasteiger partial charge in [-0.25, -0.2) is 0 Å². The number of hydrogen-bond donors (Lipinski definition) is 0. The van der Waals surface area contributed by atoms with E-state index in [0.29, 0.717) is 27.9 Å². The van der Waals surface area contributed by atoms with Gasteiger partial charge < -0.3 is 14.7 Å². The Hall–Kier alpha value is -9.12. The summed E-state index contributed by atoms with van der Waals surface area (Å²) in [4.78, 5) is 6.86. The standard InChI is InChI=1S/C70H50BN3/c1-69(2)58-32-17-15-30-54(58)56-41-38-51(44-60(56)69)73-64-35-20-19-34-62(64)71-63-43-40-53(72(49-26-11-5-12-27-49)50-28-13-6-14-29-50)46-67(63)74(66-37-21-36-65(73)68(66)71)52-39-42-57-55-31-16-18-33-59(55)70(61(57)45-52,47-22-7-3-8-23-47)48-24-9-4-10-25-48/h3-46H,1-2H3/i3D,4D,7D,8D,9D,10D,22D,23D,24D,25D. The Bertz CT molecular complexity index is 4480. The number of fused-ring (bicyclic) bond motifs is 10. The van der Waals surface area contributed by atoms with Crippen LogP contribution < -0.4 is 31.1 Å². The van der Waals surface area contributed by atoms with Gasteiger partial charge in [-0.3, -0.25) is 0 Å². The van der Waals surface area contributed by atoms with Gasteiger partial charge in [0.05, 0.1) is 19.1 Å². The Labute approximate surface area is 448 Å². The predicted molar refractivity (Wildman–Crippen MR) is 310 cm³/mol. The first-order chi connectivity index (χ1) is 40.6. The first-order valence-corrected chi connectivity index (χ1v) is 25.1. The lowest BCUT2D eigenvalue weighted by atomic mass is 9.33. The Morgan fingerprint density at radius 3 is 1.51 bits per heavy atom. The van der Waals surface area contributed by atoms with E-state index >= 15 is 0 Å². The van der Waals surface area contributed by atoms with E-state index in [-0.39, 0.29) is 23.3 Å². The zero-order valence-electron chi connectivity index (χ0n) is 50.5. The fourth-order valence-electron chi connectivity index (χ4n) is 12.9. The molecule has 2 aliphatic carbocycles. The average Bonchev–Trinajstić information content (AvgIpc) is 1.54. The van der Waals surface area contributed by atoms with E-state index in [1.165, 1.54) is 22.3 Å². The van der Waals surface area contributed by atoms with E-state index in [2.05, 4.69) is 156 Å². The second kappa shape index (κ2) is 16.2. The molecule has 0 unspecified atom stereocenters. The van der Waals surface area contributed by atoms with Gasteiger partial charge >= 0.3 is 0 Å². The fraction of sp³-hybridized carbons (Fsp3) is 0.0571. The van der Waals surface area contributed by atoms with Gasteiger partial charge in [0.15, 0.2) is 0 Å². The van der Waals surface area contributed by atoms with Crippen LogP contribution in [0.15, 0.2) is 267 Å². The maximum atomic E-state index is 9.77. The third kappa shape index (κ3) is 5.97. The van der Waals surface area contributed by atoms with Crippen molar-refractivity contribution in [2.45, 2.75) is 24.7 Å². The molecule has 0 atom stereocenters. The molecule has 0 bridgehead atoms. The summed E-state index contributed by atoms with van der Waals surface area (Å²) in [5.74, 6) is 0. The quantitative estimate of drug-likeness (QED) is 0.147. The van der Waals surface area contributed by atoms with Crippen molar-refractivity contribution in [2.75, 3.05) is 14.7 Å². The third-order valence-corrected chi connectivity index (χ3v) is 16.0. The fourth-order valence-corrected chi connectivity index (χ4v) is 12.9. The molecule has 74 heavy (non-hydrogen) atoms. The minimum atomic E-state index is -2.05. The number of hydrogen-bond acceptors (Lipinski definition) is 3. The van der Waals surface area contributed by atoms with Crippen LogP contribution in [0.4, 0.5) is 51.2 Å². The molecule has 2 heterocycles. The molecule has 4 aliphatic rings. The molecule has 3 nitrogen and oxygen atoms in total. The summed E-state index contributed by atoms with van der Waals surface area (Å²) in [7, 11) is 0. The normalized spacial score (nSPS) is 16.4. The molecule has 15 rings (SSSR count). The second-order valence-electron chi connectivity index (χ2n) is 20.0. The van der Waals surface area contributed by atoms with Gasteiger partial charge in [-0.2, -0.15) is 0 Å². The van der Waals surface area contributed by atoms with E-state index in [1.54, 1.807) is 12.1 Å². The zero-order chi connectivity index (χ0) is 57.8. The maximum Gasteiger partial charge on any atom is 0.252 e. The lowest BCUT2D eigenvalue weighted by Crippen LogP contribution is -2.61. The summed E-state index contributed by atoms with van der Waals surface area (Å²) in [6, 6.07) is 65.1. The molecule has 2 aliphatic heterocycles. The second-order valence-corrected chi connectivity index (χ2v) is 20.0. The monoisotopic (exact) mass is 953 g/mol. The molecule has 11 aromatic rings. The van der Waals surface area contributed by atoms with Gasteiger partial charge in [0.2, 0.25) is 0 Å². The lowest BCUT2D eigenvalue weighted by Gasteiger charge is -2.44. The predicted octanol–water partition coefficient (Wildman–Crippen LogP) is 15.9. The van der Waals surface area contributed by atoms with Crippen molar-refractivity contribution in [3.63, 3.8) is 0 Å². The van der Waals surface area contributed by atoms with Crippen molar-refractivity contribution < 1.29 is 13.7 Å². The number of anilines is 9. The molecule has 0 saturated carbocycles. The summed E-state index contributed by atoms with van der Waals surface area (Å²) < 4.78 is 93.2. The average molecular weight is 954 g/mol. The van der Waals surface area contributed by atoms with E-state index in [1.807, 2.05) is 66.7 Å². The Morgan fingerprint density at radius 1 is 0.378 bits per heavy atom. The van der Waals surface area contributed by atoms with Crippen molar-refractivity contribution in [3.05, 3.63) is 300 Å². The first-order valence-electron chi connectivity index (χ1n) is 30.1. The van der Waals surface area contributed by atoms with E-state index in [9.17, 15) is 5.48 Å². The summed E-state index contributed by atoms with van der Waals surface area (Å²) in [6.07, 6.45) is 0. The first kappa shape index (κ1) is 33.5. The summed E-state index contributed by atoms with van der Waals surface area (Å²) in [6.45, 7) is 4.33. The van der Waals surface area contributed by atoms with Crippen molar-refractivity contribution in [1.82, 2.24) is 0 Å². The van der Waals surface area contributed by atoms with Gasteiger partial charge in [0.1, 0.15) is 0 Å². The van der Waals surface area contributed by atoms with E-state index < -0.39 is 65.8 Å². The molecule has 0 fully saturated rings. The van der Waals surface area contributed by atoms with Crippen LogP contribution >= 0.6 is 0 Å². The SMILES string of the molecule is [2H]c1c([2H])c([2H])c(C2(c3c([2H])c([2H])c([2H])c([2H])c3[2H])c3ccccc3-c3ccc(N4c5cc(N(c6ccccc6)c6ccccc6)ccc5B5c6ccccc6N(c6ccc7c(c6)C(C)(C)c6ccccc6-7)c6cccc4c65)cc32)c([2H])c1[2H]. The zero-order valence-corrected chi connectivity index (χ0v) is 40.5. The smallest absolute Gasteiger partial charge is 0.252 e. The highest BCUT2D eigenvalue weighted by atomic mass is 15.2. The highest BCUT2D eigenvalue weighted by Gasteiger charge is 2.48. The molecule has 0 saturated heterocycles. The molecule has 0 aromatic heterocycles. The molecule has 348 valence electrons. The van der Waals surface area contributed by atoms with Gasteiger partial charge in [0.25, 0.3) is 6.71 Å². The summed E-state index contributed by atoms with van der Waals surface area (Å²) in [5, 5.41) is 0. The highest BCUT2D eigenvalue weighted by Crippen LogP contribution is 2.58. The van der Waals surface area contributed by atoms with Crippen molar-refractivity contribution in [3.8, 4) is 22.3 Å². The van der Waals surface area contributed by atoms with Crippen molar-refractivity contribution in [2.24, 2.45) is 0 Å². The number of benzene rings is 11. The Morgan fingerprint density at radius 2 is 0.865 bits per heavy atom. The molecular formula is C70H50BN3. The van der Waals surface area contributed by atoms with Gasteiger partial charge in [-0.05, 0) is 151 Å². The Balaban J connectivity index is 1.04. The van der Waals surface area contributed by atoms with Crippen LogP contribution in [0.3, 0.4) is 0 Å². The number of para-hydroxylation sites is 3. The summed E-state index contributed by atoms with van der Waals surface area (Å²) in [5.41, 5.74) is 15.7. The molecule has 11 aromatic carbocycles. The van der Waals surface area contributed by atoms with Crippen molar-refractivity contribution >= 4 is 74.3 Å². The molecule has 0 amide bonds. The van der Waals surface area contributed by atoms with Gasteiger partial charge in [-0.1, -0.05) is 202 Å². The van der Waals surface area contributed by atoms with Gasteiger partial charge in [0, 0.05) is 56.6 Å². The number of rotatable bonds is 7. The van der Waals surface area contributed by atoms with Gasteiger partial charge in [-0.15, -0.1) is 0 Å². The Kier molecular flexibility index (Phi) is 7.34. The molecule has 4 heteroatoms. The van der Waals surface area contributed by atoms with E-state index in [4.69, 9.17) is 8.22 Å². The number of nitrogens with zero attached hydrogens (tertiary/aromatic N) is 3. The summed E-state index contributed by atoms with van der Waals surface area (Å²) >= 11 is 0. The van der Waals surface area contributed by atoms with E-state index in [0.717, 1.165) is 61.9 Å². The maximum absolute atomic E-state index is 9.77. The van der Waals surface area contributed by atoms with Crippen LogP contribution in [-0.2, 0) is 10.8 Å². The van der Waals surface area contributed by atoms with Crippen molar-refractivity contribution in [1.29, 1.82) is 0 Å². The largest absolute Gasteiger partial charge is 0.311 e. The van der Waals surface area contributed by atoms with Crippen LogP contribution in [0, 0.1) is 0 Å². The molecule has 0 radical (unpaired) electrons. The minimum Gasteiger partial charge on any atom is -0.311 e. The highest BCUT2D eigenvalue weighted by molar-refractivity contribution is 7.00. The van der Waals surface area contributed by atoms with Crippen LogP contribution in [0.5, 0.6) is 0 Å². The lowest BCUT2D eigenvalue weighted by molar-refractivity contribution is 0.660. The van der Waals surface area contributed by atoms with Crippen LogP contribution in [0.25, 0.3) is 22.3 Å². The third-order valence-electron chi connectivity index (χ3n) is 16.0. The molecule has 0 spiro atoms. The molecular weight excluding hydrogens is 894 g/mol. The topological polar surface area (TPSA) is 9.72 Å².